The van der Waals surface area contributed by atoms with Crippen LogP contribution in [-0.4, -0.2) is 65.0 Å². The van der Waals surface area contributed by atoms with E-state index in [-0.39, 0.29) is 6.10 Å². The first kappa shape index (κ1) is 21.6. The van der Waals surface area contributed by atoms with Crippen LogP contribution in [0.5, 0.6) is 11.8 Å². The second-order valence-corrected chi connectivity index (χ2v) is 8.33. The quantitative estimate of drug-likeness (QED) is 0.581. The van der Waals surface area contributed by atoms with Crippen molar-refractivity contribution in [2.45, 2.75) is 44.8 Å². The molecule has 0 amide bonds. The van der Waals surface area contributed by atoms with E-state index in [2.05, 4.69) is 25.2 Å². The predicted octanol–water partition coefficient (Wildman–Crippen LogP) is 3.46. The van der Waals surface area contributed by atoms with Crippen LogP contribution in [0.3, 0.4) is 0 Å². The Balaban J connectivity index is 1.26. The molecule has 1 aliphatic carbocycles. The van der Waals surface area contributed by atoms with Crippen LogP contribution in [0.15, 0.2) is 36.8 Å². The van der Waals surface area contributed by atoms with Gasteiger partial charge in [0.25, 0.3) is 5.88 Å². The van der Waals surface area contributed by atoms with Gasteiger partial charge in [-0.15, -0.1) is 0 Å². The fourth-order valence-electron chi connectivity index (χ4n) is 4.42. The fraction of sp³-hybridized carbons (Fsp3) is 0.500. The van der Waals surface area contributed by atoms with E-state index in [1.54, 1.807) is 12.4 Å². The molecular weight excluding hydrogens is 420 g/mol. The van der Waals surface area contributed by atoms with E-state index in [1.165, 1.54) is 0 Å². The Morgan fingerprint density at radius 1 is 1.03 bits per heavy atom. The molecular formula is C24H30N6O3. The summed E-state index contributed by atoms with van der Waals surface area (Å²) in [6, 6.07) is 6.32. The van der Waals surface area contributed by atoms with Gasteiger partial charge < -0.3 is 24.4 Å². The van der Waals surface area contributed by atoms with Crippen LogP contribution in [-0.2, 0) is 4.74 Å². The number of aromatic nitrogens is 4. The van der Waals surface area contributed by atoms with Gasteiger partial charge in [-0.1, -0.05) is 0 Å². The molecule has 2 aliphatic rings. The number of ether oxygens (including phenoxy) is 3. The minimum Gasteiger partial charge on any atom is -0.475 e. The molecule has 174 valence electrons. The molecule has 0 radical (unpaired) electrons. The summed E-state index contributed by atoms with van der Waals surface area (Å²) < 4.78 is 17.6. The van der Waals surface area contributed by atoms with E-state index in [1.807, 2.05) is 31.3 Å². The maximum Gasteiger partial charge on any atom is 0.257 e. The van der Waals surface area contributed by atoms with Crippen molar-refractivity contribution < 1.29 is 14.2 Å². The monoisotopic (exact) mass is 450 g/mol. The van der Waals surface area contributed by atoms with Gasteiger partial charge >= 0.3 is 0 Å². The number of hydrogen-bond donors (Lipinski definition) is 1. The highest BCUT2D eigenvalue weighted by Gasteiger charge is 2.25. The molecule has 4 heterocycles. The van der Waals surface area contributed by atoms with Crippen LogP contribution < -0.4 is 19.7 Å². The first-order valence-electron chi connectivity index (χ1n) is 11.8. The molecule has 3 aromatic rings. The van der Waals surface area contributed by atoms with Crippen LogP contribution in [0.1, 0.15) is 32.6 Å². The highest BCUT2D eigenvalue weighted by molar-refractivity contribution is 5.85. The normalized spacial score (nSPS) is 21.1. The van der Waals surface area contributed by atoms with E-state index in [0.29, 0.717) is 43.4 Å². The van der Waals surface area contributed by atoms with E-state index in [4.69, 9.17) is 19.2 Å². The highest BCUT2D eigenvalue weighted by Crippen LogP contribution is 2.32. The number of fused-ring (bicyclic) bond motifs is 1. The molecule has 9 nitrogen and oxygen atoms in total. The molecule has 1 aliphatic heterocycles. The molecule has 2 fully saturated rings. The second-order valence-electron chi connectivity index (χ2n) is 8.33. The average Bonchev–Trinajstić information content (AvgIpc) is 2.87. The zero-order chi connectivity index (χ0) is 22.5. The largest absolute Gasteiger partial charge is 0.475 e. The Morgan fingerprint density at radius 3 is 2.67 bits per heavy atom. The van der Waals surface area contributed by atoms with Crippen molar-refractivity contribution in [3.63, 3.8) is 0 Å². The van der Waals surface area contributed by atoms with E-state index in [9.17, 15) is 0 Å². The summed E-state index contributed by atoms with van der Waals surface area (Å²) >= 11 is 0. The summed E-state index contributed by atoms with van der Waals surface area (Å²) in [6.07, 6.45) is 9.10. The van der Waals surface area contributed by atoms with Gasteiger partial charge in [0.15, 0.2) is 5.82 Å². The van der Waals surface area contributed by atoms with Gasteiger partial charge in [0.1, 0.15) is 11.9 Å². The summed E-state index contributed by atoms with van der Waals surface area (Å²) in [6.45, 7) is 5.59. The van der Waals surface area contributed by atoms with E-state index >= 15 is 0 Å². The molecule has 3 aromatic heterocycles. The Labute approximate surface area is 193 Å². The molecule has 1 saturated heterocycles. The lowest BCUT2D eigenvalue weighted by Crippen LogP contribution is -2.37. The number of rotatable bonds is 7. The lowest BCUT2D eigenvalue weighted by molar-refractivity contribution is 0.122. The van der Waals surface area contributed by atoms with Gasteiger partial charge in [0.2, 0.25) is 5.88 Å². The minimum absolute atomic E-state index is 0.118. The molecule has 33 heavy (non-hydrogen) atoms. The van der Waals surface area contributed by atoms with Gasteiger partial charge in [0, 0.05) is 43.8 Å². The maximum atomic E-state index is 6.47. The van der Waals surface area contributed by atoms with Crippen molar-refractivity contribution in [3.8, 4) is 11.8 Å². The number of nitrogens with one attached hydrogen (secondary N) is 1. The van der Waals surface area contributed by atoms with Crippen LogP contribution in [0.4, 0.5) is 11.6 Å². The highest BCUT2D eigenvalue weighted by atomic mass is 16.5. The summed E-state index contributed by atoms with van der Waals surface area (Å²) in [7, 11) is 0. The summed E-state index contributed by atoms with van der Waals surface area (Å²) in [5.74, 6) is 2.84. The summed E-state index contributed by atoms with van der Waals surface area (Å²) in [5, 5.41) is 4.46. The van der Waals surface area contributed by atoms with Crippen molar-refractivity contribution in [2.75, 3.05) is 43.1 Å². The molecule has 0 bridgehead atoms. The van der Waals surface area contributed by atoms with E-state index < -0.39 is 0 Å². The maximum absolute atomic E-state index is 6.47. The summed E-state index contributed by atoms with van der Waals surface area (Å²) in [5.41, 5.74) is 0.908. The third-order valence-electron chi connectivity index (χ3n) is 6.13. The van der Waals surface area contributed by atoms with Gasteiger partial charge in [0.05, 0.1) is 30.7 Å². The number of pyridine rings is 2. The smallest absolute Gasteiger partial charge is 0.257 e. The van der Waals surface area contributed by atoms with Crippen molar-refractivity contribution in [2.24, 2.45) is 0 Å². The molecule has 9 heteroatoms. The lowest BCUT2D eigenvalue weighted by Gasteiger charge is -2.31. The van der Waals surface area contributed by atoms with Gasteiger partial charge in [-0.2, -0.15) is 4.98 Å². The van der Waals surface area contributed by atoms with Crippen molar-refractivity contribution in [3.05, 3.63) is 36.8 Å². The molecule has 1 saturated carbocycles. The SMILES string of the molecule is CCOc1nccnc1NC1CCC(Oc2nc(N3CCOCC3)cc3ncccc23)CC1. The van der Waals surface area contributed by atoms with E-state index in [0.717, 1.165) is 55.5 Å². The topological polar surface area (TPSA) is 94.5 Å². The molecule has 0 unspecified atom stereocenters. The lowest BCUT2D eigenvalue weighted by atomic mass is 9.93. The van der Waals surface area contributed by atoms with Gasteiger partial charge in [-0.3, -0.25) is 4.98 Å². The predicted molar refractivity (Wildman–Crippen MR) is 126 cm³/mol. The van der Waals surface area contributed by atoms with Crippen LogP contribution >= 0.6 is 0 Å². The Kier molecular flexibility index (Phi) is 6.66. The molecule has 5 rings (SSSR count). The third kappa shape index (κ3) is 5.08. The number of nitrogens with zero attached hydrogens (tertiary/aromatic N) is 5. The first-order valence-corrected chi connectivity index (χ1v) is 11.8. The number of anilines is 2. The standard InChI is InChI=1S/C24H30N6O3/c1-2-32-24-22(26-10-11-27-24)28-17-5-7-18(8-6-17)33-23-19-4-3-9-25-20(19)16-21(29-23)30-12-14-31-15-13-30/h3-4,9-11,16-18H,2,5-8,12-15H2,1H3,(H,26,28). The third-order valence-corrected chi connectivity index (χ3v) is 6.13. The Hall–Kier alpha value is -3.20. The fourth-order valence-corrected chi connectivity index (χ4v) is 4.42. The summed E-state index contributed by atoms with van der Waals surface area (Å²) in [4.78, 5) is 20.4. The first-order chi connectivity index (χ1) is 16.3. The van der Waals surface area contributed by atoms with Crippen LogP contribution in [0.2, 0.25) is 0 Å². The van der Waals surface area contributed by atoms with Crippen molar-refractivity contribution in [1.29, 1.82) is 0 Å². The van der Waals surface area contributed by atoms with Gasteiger partial charge in [-0.25, -0.2) is 9.97 Å². The number of morpholine rings is 1. The van der Waals surface area contributed by atoms with Crippen LogP contribution in [0, 0.1) is 0 Å². The van der Waals surface area contributed by atoms with Gasteiger partial charge in [-0.05, 0) is 44.7 Å². The molecule has 0 spiro atoms. The van der Waals surface area contributed by atoms with Crippen molar-refractivity contribution in [1.82, 2.24) is 19.9 Å². The Bertz CT molecular complexity index is 1070. The minimum atomic E-state index is 0.118. The van der Waals surface area contributed by atoms with Crippen LogP contribution in [0.25, 0.3) is 10.9 Å². The molecule has 0 aromatic carbocycles. The number of hydrogen-bond acceptors (Lipinski definition) is 9. The zero-order valence-corrected chi connectivity index (χ0v) is 18.9. The second kappa shape index (κ2) is 10.2. The molecule has 1 N–H and O–H groups in total. The van der Waals surface area contributed by atoms with Crippen molar-refractivity contribution >= 4 is 22.5 Å². The Morgan fingerprint density at radius 2 is 1.85 bits per heavy atom. The molecule has 0 atom stereocenters. The zero-order valence-electron chi connectivity index (χ0n) is 18.9. The average molecular weight is 451 g/mol.